The van der Waals surface area contributed by atoms with Gasteiger partial charge in [-0.2, -0.15) is 10.2 Å². The van der Waals surface area contributed by atoms with Crippen molar-refractivity contribution in [2.45, 2.75) is 24.9 Å². The average Bonchev–Trinajstić information content (AvgIpc) is 3.33. The van der Waals surface area contributed by atoms with E-state index in [4.69, 9.17) is 11.2 Å². The molecule has 1 aliphatic rings. The maximum Gasteiger partial charge on any atom is 0.195 e. The number of hydrogen-bond donors (Lipinski definition) is 0. The molecule has 0 radical (unpaired) electrons. The Bertz CT molecular complexity index is 768. The largest absolute Gasteiger partial charge is 0.492 e. The van der Waals surface area contributed by atoms with Gasteiger partial charge in [0.2, 0.25) is 0 Å². The topological polar surface area (TPSA) is 51.0 Å². The Hall–Kier alpha value is -2.67. The molecule has 0 spiro atoms. The van der Waals surface area contributed by atoms with E-state index in [1.54, 1.807) is 6.07 Å². The monoisotopic (exact) mass is 292 g/mol. The van der Waals surface area contributed by atoms with Crippen LogP contribution < -0.4 is 4.74 Å². The van der Waals surface area contributed by atoms with E-state index in [2.05, 4.69) is 16.1 Å². The fourth-order valence-electron chi connectivity index (χ4n) is 2.50. The highest BCUT2D eigenvalue weighted by Crippen LogP contribution is 2.37. The van der Waals surface area contributed by atoms with Crippen molar-refractivity contribution in [2.75, 3.05) is 6.61 Å². The summed E-state index contributed by atoms with van der Waals surface area (Å²) >= 11 is 0. The Morgan fingerprint density at radius 2 is 2.00 bits per heavy atom. The molecule has 1 heterocycles. The summed E-state index contributed by atoms with van der Waals surface area (Å²) in [7, 11) is 0. The molecule has 0 amide bonds. The van der Waals surface area contributed by atoms with Crippen LogP contribution in [-0.4, -0.2) is 18.6 Å². The van der Waals surface area contributed by atoms with Gasteiger partial charge in [0.1, 0.15) is 5.75 Å². The van der Waals surface area contributed by atoms with Crippen LogP contribution in [0.3, 0.4) is 0 Å². The first-order valence-electron chi connectivity index (χ1n) is 7.25. The average molecular weight is 292 g/mol. The third-order valence-corrected chi connectivity index (χ3v) is 3.84. The van der Waals surface area contributed by atoms with Gasteiger partial charge in [0.05, 0.1) is 12.2 Å². The molecule has 0 atom stereocenters. The van der Waals surface area contributed by atoms with Crippen LogP contribution in [0, 0.1) is 12.3 Å². The number of carbonyl (C=O) groups excluding carboxylic acids is 1. The second-order valence-corrected chi connectivity index (χ2v) is 5.31. The third-order valence-electron chi connectivity index (χ3n) is 3.84. The zero-order valence-electron chi connectivity index (χ0n) is 12.2. The summed E-state index contributed by atoms with van der Waals surface area (Å²) in [5.74, 6) is 3.23. The predicted octanol–water partition coefficient (Wildman–Crippen LogP) is 4.00. The minimum absolute atomic E-state index is 0.363. The van der Waals surface area contributed by atoms with Gasteiger partial charge in [0.15, 0.2) is 11.9 Å². The molecule has 0 N–H and O–H groups in total. The normalized spacial score (nSPS) is 14.5. The fraction of sp³-hybridized carbons (Fsp3) is 0.278. The Kier molecular flexibility index (Phi) is 3.88. The first-order chi connectivity index (χ1) is 10.8. The van der Waals surface area contributed by atoms with Gasteiger partial charge in [-0.25, -0.2) is 0 Å². The molecule has 4 heteroatoms. The second-order valence-electron chi connectivity index (χ2n) is 5.31. The van der Waals surface area contributed by atoms with Gasteiger partial charge >= 0.3 is 0 Å². The molecule has 0 bridgehead atoms. The molecule has 2 aromatic rings. The highest BCUT2D eigenvalue weighted by atomic mass is 16.5. The molecule has 110 valence electrons. The highest BCUT2D eigenvalue weighted by Gasteiger charge is 2.39. The van der Waals surface area contributed by atoms with E-state index < -0.39 is 0 Å². The number of rotatable bonds is 7. The van der Waals surface area contributed by atoms with Crippen molar-refractivity contribution in [1.82, 2.24) is 0 Å². The SMILES string of the molecule is C#CCCC1(CCOc2c(C=O)ccc3ccccc23)N=N1. The van der Waals surface area contributed by atoms with Crippen molar-refractivity contribution in [3.8, 4) is 18.1 Å². The van der Waals surface area contributed by atoms with Gasteiger partial charge in [-0.15, -0.1) is 12.3 Å². The molecule has 0 saturated carbocycles. The minimum Gasteiger partial charge on any atom is -0.492 e. The molecule has 2 aromatic carbocycles. The first kappa shape index (κ1) is 14.3. The lowest BCUT2D eigenvalue weighted by atomic mass is 10.0. The standard InChI is InChI=1S/C18H16N2O2/c1-2-3-10-18(19-20-18)11-12-22-17-15(13-21)9-8-14-6-4-5-7-16(14)17/h1,4-9,13H,3,10-12H2. The molecule has 1 aliphatic heterocycles. The first-order valence-corrected chi connectivity index (χ1v) is 7.25. The van der Waals surface area contributed by atoms with Crippen molar-refractivity contribution >= 4 is 17.1 Å². The highest BCUT2D eigenvalue weighted by molar-refractivity contribution is 5.96. The number of fused-ring (bicyclic) bond motifs is 1. The van der Waals surface area contributed by atoms with Gasteiger partial charge in [0, 0.05) is 24.6 Å². The summed E-state index contributed by atoms with van der Waals surface area (Å²) in [5.41, 5.74) is 0.194. The van der Waals surface area contributed by atoms with Gasteiger partial charge in [0.25, 0.3) is 0 Å². The fourth-order valence-corrected chi connectivity index (χ4v) is 2.50. The number of carbonyl (C=O) groups is 1. The molecule has 0 fully saturated rings. The van der Waals surface area contributed by atoms with Gasteiger partial charge in [-0.1, -0.05) is 30.3 Å². The number of hydrogen-bond acceptors (Lipinski definition) is 4. The molecular formula is C18H16N2O2. The summed E-state index contributed by atoms with van der Waals surface area (Å²) in [6.45, 7) is 0.451. The van der Waals surface area contributed by atoms with E-state index in [9.17, 15) is 4.79 Å². The van der Waals surface area contributed by atoms with Crippen LogP contribution >= 0.6 is 0 Å². The lowest BCUT2D eigenvalue weighted by Crippen LogP contribution is -2.15. The van der Waals surface area contributed by atoms with E-state index >= 15 is 0 Å². The second kappa shape index (κ2) is 5.98. The Balaban J connectivity index is 1.74. The molecule has 3 rings (SSSR count). The van der Waals surface area contributed by atoms with E-state index in [1.165, 1.54) is 0 Å². The summed E-state index contributed by atoms with van der Waals surface area (Å²) in [5, 5.41) is 10.2. The van der Waals surface area contributed by atoms with Crippen LogP contribution in [0.15, 0.2) is 46.6 Å². The maximum atomic E-state index is 11.2. The Morgan fingerprint density at radius 3 is 2.73 bits per heavy atom. The summed E-state index contributed by atoms with van der Waals surface area (Å²) in [4.78, 5) is 11.2. The molecular weight excluding hydrogens is 276 g/mol. The van der Waals surface area contributed by atoms with E-state index in [1.807, 2.05) is 30.3 Å². The zero-order chi connectivity index (χ0) is 15.4. The van der Waals surface area contributed by atoms with Gasteiger partial charge in [-0.05, 0) is 11.5 Å². The molecule has 0 aromatic heterocycles. The van der Waals surface area contributed by atoms with Crippen molar-refractivity contribution in [3.63, 3.8) is 0 Å². The van der Waals surface area contributed by atoms with E-state index in [0.29, 0.717) is 30.8 Å². The van der Waals surface area contributed by atoms with Crippen LogP contribution in [-0.2, 0) is 0 Å². The van der Waals surface area contributed by atoms with Gasteiger partial charge < -0.3 is 4.74 Å². The third kappa shape index (κ3) is 2.84. The number of aldehydes is 1. The molecule has 4 nitrogen and oxygen atoms in total. The quantitative estimate of drug-likeness (QED) is 0.572. The molecule has 0 saturated heterocycles. The molecule has 0 unspecified atom stereocenters. The predicted molar refractivity (Wildman–Crippen MR) is 85.1 cm³/mol. The van der Waals surface area contributed by atoms with Crippen LogP contribution in [0.25, 0.3) is 10.8 Å². The van der Waals surface area contributed by atoms with Crippen LogP contribution in [0.5, 0.6) is 5.75 Å². The number of terminal acetylenes is 1. The summed E-state index contributed by atoms with van der Waals surface area (Å²) < 4.78 is 5.89. The van der Waals surface area contributed by atoms with Crippen LogP contribution in [0.2, 0.25) is 0 Å². The lowest BCUT2D eigenvalue weighted by molar-refractivity contribution is 0.111. The lowest BCUT2D eigenvalue weighted by Gasteiger charge is -2.13. The number of benzene rings is 2. The van der Waals surface area contributed by atoms with Crippen LogP contribution in [0.4, 0.5) is 0 Å². The Morgan fingerprint density at radius 1 is 1.18 bits per heavy atom. The summed E-state index contributed by atoms with van der Waals surface area (Å²) in [6, 6.07) is 11.6. The Labute approximate surface area is 129 Å². The van der Waals surface area contributed by atoms with Crippen molar-refractivity contribution in [1.29, 1.82) is 0 Å². The number of ether oxygens (including phenoxy) is 1. The van der Waals surface area contributed by atoms with Crippen molar-refractivity contribution in [2.24, 2.45) is 10.2 Å². The number of nitrogens with zero attached hydrogens (tertiary/aromatic N) is 2. The van der Waals surface area contributed by atoms with Crippen molar-refractivity contribution < 1.29 is 9.53 Å². The van der Waals surface area contributed by atoms with Crippen LogP contribution in [0.1, 0.15) is 29.6 Å². The molecule has 0 aliphatic carbocycles. The minimum atomic E-state index is -0.363. The van der Waals surface area contributed by atoms with Gasteiger partial charge in [-0.3, -0.25) is 4.79 Å². The van der Waals surface area contributed by atoms with E-state index in [-0.39, 0.29) is 5.66 Å². The zero-order valence-corrected chi connectivity index (χ0v) is 12.2. The maximum absolute atomic E-state index is 11.2. The van der Waals surface area contributed by atoms with E-state index in [0.717, 1.165) is 23.5 Å². The smallest absolute Gasteiger partial charge is 0.195 e. The summed E-state index contributed by atoms with van der Waals surface area (Å²) in [6.07, 6.45) is 8.18. The molecule has 22 heavy (non-hydrogen) atoms. The van der Waals surface area contributed by atoms with Crippen molar-refractivity contribution in [3.05, 3.63) is 42.0 Å².